The molecule has 4 nitrogen and oxygen atoms in total. The Kier molecular flexibility index (Phi) is 5.94. The van der Waals surface area contributed by atoms with Crippen LogP contribution in [0.3, 0.4) is 0 Å². The Morgan fingerprint density at radius 3 is 2.67 bits per heavy atom. The van der Waals surface area contributed by atoms with Crippen LogP contribution in [0.15, 0.2) is 29.0 Å². The van der Waals surface area contributed by atoms with Crippen molar-refractivity contribution in [3.63, 3.8) is 0 Å². The van der Waals surface area contributed by atoms with Gasteiger partial charge in [0, 0.05) is 41.6 Å². The first kappa shape index (κ1) is 16.2. The number of likely N-dealkylation sites (N-methyl/N-ethyl adjacent to an activating group) is 1. The fourth-order valence-electron chi connectivity index (χ4n) is 2.51. The number of pyridine rings is 1. The lowest BCUT2D eigenvalue weighted by atomic mass is 10.0. The normalized spacial score (nSPS) is 12.6. The van der Waals surface area contributed by atoms with E-state index in [1.807, 2.05) is 12.4 Å². The SMILES string of the molecule is CCNC(Cc1cc(CC)nn1CC)c1cncc(Br)c1. The van der Waals surface area contributed by atoms with E-state index in [4.69, 9.17) is 0 Å². The maximum atomic E-state index is 4.64. The summed E-state index contributed by atoms with van der Waals surface area (Å²) in [6.07, 6.45) is 5.65. The molecule has 0 radical (unpaired) electrons. The lowest BCUT2D eigenvalue weighted by Crippen LogP contribution is -2.24. The first-order valence-electron chi connectivity index (χ1n) is 7.57. The summed E-state index contributed by atoms with van der Waals surface area (Å²) in [6, 6.07) is 4.61. The first-order chi connectivity index (χ1) is 10.2. The van der Waals surface area contributed by atoms with E-state index in [1.54, 1.807) is 0 Å². The van der Waals surface area contributed by atoms with Crippen molar-refractivity contribution in [3.05, 3.63) is 46.0 Å². The molecule has 1 atom stereocenters. The van der Waals surface area contributed by atoms with Gasteiger partial charge in [-0.15, -0.1) is 0 Å². The molecule has 2 aromatic heterocycles. The minimum atomic E-state index is 0.256. The van der Waals surface area contributed by atoms with Crippen molar-refractivity contribution in [2.75, 3.05) is 6.54 Å². The number of halogens is 1. The molecule has 1 unspecified atom stereocenters. The number of nitrogens with zero attached hydrogens (tertiary/aromatic N) is 3. The number of aryl methyl sites for hydroxylation is 2. The van der Waals surface area contributed by atoms with E-state index in [-0.39, 0.29) is 6.04 Å². The van der Waals surface area contributed by atoms with Gasteiger partial charge in [0.1, 0.15) is 0 Å². The predicted octanol–water partition coefficient (Wildman–Crippen LogP) is 3.52. The summed E-state index contributed by atoms with van der Waals surface area (Å²) < 4.78 is 3.12. The van der Waals surface area contributed by atoms with E-state index < -0.39 is 0 Å². The minimum absolute atomic E-state index is 0.256. The van der Waals surface area contributed by atoms with Crippen LogP contribution < -0.4 is 5.32 Å². The molecule has 2 rings (SSSR count). The lowest BCUT2D eigenvalue weighted by molar-refractivity contribution is 0.514. The Hall–Kier alpha value is -1.20. The standard InChI is InChI=1S/C16H23BrN4/c1-4-14-8-15(21(6-3)20-14)9-16(19-5-2)12-7-13(17)11-18-10-12/h7-8,10-11,16,19H,4-6,9H2,1-3H3. The Morgan fingerprint density at radius 2 is 2.05 bits per heavy atom. The molecule has 2 aromatic rings. The molecule has 0 aliphatic carbocycles. The zero-order valence-electron chi connectivity index (χ0n) is 12.9. The van der Waals surface area contributed by atoms with Crippen molar-refractivity contribution in [2.45, 2.75) is 46.2 Å². The van der Waals surface area contributed by atoms with Gasteiger partial charge in [0.05, 0.1) is 5.69 Å². The quantitative estimate of drug-likeness (QED) is 0.830. The molecule has 5 heteroatoms. The predicted molar refractivity (Wildman–Crippen MR) is 89.3 cm³/mol. The third-order valence-corrected chi connectivity index (χ3v) is 4.00. The maximum Gasteiger partial charge on any atom is 0.0624 e. The maximum absolute atomic E-state index is 4.64. The molecular formula is C16H23BrN4. The number of aromatic nitrogens is 3. The van der Waals surface area contributed by atoms with Crippen LogP contribution in [0.1, 0.15) is 43.8 Å². The molecule has 0 saturated heterocycles. The second-order valence-corrected chi connectivity index (χ2v) is 5.96. The second-order valence-electron chi connectivity index (χ2n) is 5.05. The summed E-state index contributed by atoms with van der Waals surface area (Å²) in [7, 11) is 0. The summed E-state index contributed by atoms with van der Waals surface area (Å²) in [5, 5.41) is 8.19. The Balaban J connectivity index is 2.25. The van der Waals surface area contributed by atoms with Crippen molar-refractivity contribution in [1.29, 1.82) is 0 Å². The molecule has 0 aromatic carbocycles. The number of rotatable bonds is 7. The molecule has 1 N–H and O–H groups in total. The Morgan fingerprint density at radius 1 is 1.24 bits per heavy atom. The van der Waals surface area contributed by atoms with E-state index in [2.05, 4.69) is 68.9 Å². The highest BCUT2D eigenvalue weighted by atomic mass is 79.9. The fourth-order valence-corrected chi connectivity index (χ4v) is 2.89. The molecule has 0 aliphatic heterocycles. The smallest absolute Gasteiger partial charge is 0.0624 e. The lowest BCUT2D eigenvalue weighted by Gasteiger charge is -2.18. The van der Waals surface area contributed by atoms with Crippen LogP contribution >= 0.6 is 15.9 Å². The van der Waals surface area contributed by atoms with Crippen molar-refractivity contribution in [2.24, 2.45) is 0 Å². The molecule has 2 heterocycles. The first-order valence-corrected chi connectivity index (χ1v) is 8.36. The highest BCUT2D eigenvalue weighted by Gasteiger charge is 2.15. The zero-order chi connectivity index (χ0) is 15.2. The average molecular weight is 351 g/mol. The minimum Gasteiger partial charge on any atom is -0.310 e. The molecular weight excluding hydrogens is 328 g/mol. The molecule has 0 bridgehead atoms. The number of hydrogen-bond donors (Lipinski definition) is 1. The number of nitrogens with one attached hydrogen (secondary N) is 1. The highest BCUT2D eigenvalue weighted by Crippen LogP contribution is 2.21. The topological polar surface area (TPSA) is 42.7 Å². The van der Waals surface area contributed by atoms with Gasteiger partial charge < -0.3 is 5.32 Å². The van der Waals surface area contributed by atoms with E-state index in [1.165, 1.54) is 11.3 Å². The van der Waals surface area contributed by atoms with Crippen LogP contribution in [0.4, 0.5) is 0 Å². The summed E-state index contributed by atoms with van der Waals surface area (Å²) in [4.78, 5) is 4.28. The van der Waals surface area contributed by atoms with Gasteiger partial charge in [0.25, 0.3) is 0 Å². The van der Waals surface area contributed by atoms with Gasteiger partial charge in [-0.1, -0.05) is 13.8 Å². The molecule has 21 heavy (non-hydrogen) atoms. The summed E-state index contributed by atoms with van der Waals surface area (Å²) in [6.45, 7) is 8.25. The van der Waals surface area contributed by atoms with Crippen LogP contribution in [0.25, 0.3) is 0 Å². The van der Waals surface area contributed by atoms with E-state index in [9.17, 15) is 0 Å². The Bertz CT molecular complexity index is 579. The Labute approximate surface area is 135 Å². The van der Waals surface area contributed by atoms with E-state index in [0.29, 0.717) is 0 Å². The molecule has 114 valence electrons. The van der Waals surface area contributed by atoms with Crippen LogP contribution in [0, 0.1) is 0 Å². The van der Waals surface area contributed by atoms with Gasteiger partial charge in [-0.3, -0.25) is 9.67 Å². The van der Waals surface area contributed by atoms with Crippen LogP contribution in [-0.4, -0.2) is 21.3 Å². The third kappa shape index (κ3) is 4.14. The molecule has 0 saturated carbocycles. The summed E-state index contributed by atoms with van der Waals surface area (Å²) >= 11 is 3.50. The zero-order valence-corrected chi connectivity index (χ0v) is 14.5. The van der Waals surface area contributed by atoms with Crippen molar-refractivity contribution in [3.8, 4) is 0 Å². The second kappa shape index (κ2) is 7.71. The van der Waals surface area contributed by atoms with Crippen molar-refractivity contribution >= 4 is 15.9 Å². The van der Waals surface area contributed by atoms with Gasteiger partial charge in [-0.05, 0) is 53.5 Å². The number of hydrogen-bond acceptors (Lipinski definition) is 3. The molecule has 0 aliphatic rings. The third-order valence-electron chi connectivity index (χ3n) is 3.57. The molecule has 0 spiro atoms. The largest absolute Gasteiger partial charge is 0.310 e. The van der Waals surface area contributed by atoms with Crippen LogP contribution in [0.5, 0.6) is 0 Å². The van der Waals surface area contributed by atoms with Gasteiger partial charge in [-0.25, -0.2) is 0 Å². The summed E-state index contributed by atoms with van der Waals surface area (Å²) in [5.74, 6) is 0. The van der Waals surface area contributed by atoms with Crippen molar-refractivity contribution < 1.29 is 0 Å². The monoisotopic (exact) mass is 350 g/mol. The van der Waals surface area contributed by atoms with Gasteiger partial charge in [0.2, 0.25) is 0 Å². The van der Waals surface area contributed by atoms with E-state index in [0.717, 1.165) is 36.1 Å². The fraction of sp³-hybridized carbons (Fsp3) is 0.500. The van der Waals surface area contributed by atoms with E-state index >= 15 is 0 Å². The van der Waals surface area contributed by atoms with Gasteiger partial charge in [-0.2, -0.15) is 5.10 Å². The summed E-state index contributed by atoms with van der Waals surface area (Å²) in [5.41, 5.74) is 3.64. The van der Waals surface area contributed by atoms with Crippen LogP contribution in [-0.2, 0) is 19.4 Å². The van der Waals surface area contributed by atoms with Gasteiger partial charge >= 0.3 is 0 Å². The van der Waals surface area contributed by atoms with Gasteiger partial charge in [0.15, 0.2) is 0 Å². The highest BCUT2D eigenvalue weighted by molar-refractivity contribution is 9.10. The average Bonchev–Trinajstić information content (AvgIpc) is 2.89. The molecule has 0 amide bonds. The van der Waals surface area contributed by atoms with Crippen molar-refractivity contribution in [1.82, 2.24) is 20.1 Å². The molecule has 0 fully saturated rings. The van der Waals surface area contributed by atoms with Crippen LogP contribution in [0.2, 0.25) is 0 Å².